The Bertz CT molecular complexity index is 648. The van der Waals surface area contributed by atoms with E-state index in [-0.39, 0.29) is 0 Å². The van der Waals surface area contributed by atoms with Crippen LogP contribution >= 0.6 is 0 Å². The summed E-state index contributed by atoms with van der Waals surface area (Å²) in [6, 6.07) is 7.49. The summed E-state index contributed by atoms with van der Waals surface area (Å²) in [7, 11) is 2.30. The highest BCUT2D eigenvalue weighted by Gasteiger charge is 2.29. The second-order valence-electron chi connectivity index (χ2n) is 6.83. The topological polar surface area (TPSA) is 120 Å². The smallest absolute Gasteiger partial charge is 0.430 e. The van der Waals surface area contributed by atoms with Gasteiger partial charge in [-0.2, -0.15) is 13.2 Å². The Morgan fingerprint density at radius 2 is 1.79 bits per heavy atom. The molecule has 2 rings (SSSR count). The van der Waals surface area contributed by atoms with Gasteiger partial charge in [-0.1, -0.05) is 0 Å². The van der Waals surface area contributed by atoms with Crippen LogP contribution in [0.1, 0.15) is 18.4 Å². The lowest BCUT2D eigenvalue weighted by atomic mass is 10.2. The number of carbonyl (C=O) groups is 1. The van der Waals surface area contributed by atoms with Crippen LogP contribution in [0.25, 0.3) is 0 Å². The minimum absolute atomic E-state index is 0.357. The molecule has 1 saturated heterocycles. The Hall–Kier alpha value is -2.37. The zero-order chi connectivity index (χ0) is 21.9. The van der Waals surface area contributed by atoms with E-state index in [0.29, 0.717) is 19.0 Å². The number of benzene rings is 1. The zero-order valence-corrected chi connectivity index (χ0v) is 16.3. The largest absolute Gasteiger partial charge is 0.542 e. The fraction of sp³-hybridized carbons (Fsp3) is 0.556. The Labute approximate surface area is 167 Å². The predicted octanol–water partition coefficient (Wildman–Crippen LogP) is 0.410. The van der Waals surface area contributed by atoms with Crippen LogP contribution in [0.3, 0.4) is 0 Å². The second kappa shape index (κ2) is 11.6. The van der Waals surface area contributed by atoms with E-state index in [0.717, 1.165) is 28.9 Å². The Morgan fingerprint density at radius 3 is 2.28 bits per heavy atom. The van der Waals surface area contributed by atoms with Gasteiger partial charge < -0.3 is 29.3 Å². The minimum atomic E-state index is -5.19. The third-order valence-corrected chi connectivity index (χ3v) is 4.44. The second-order valence-corrected chi connectivity index (χ2v) is 6.83. The number of likely N-dealkylation sites (tertiary alicyclic amines) is 1. The molecule has 0 spiro atoms. The molecule has 8 nitrogen and oxygen atoms in total. The first-order chi connectivity index (χ1) is 13.6. The van der Waals surface area contributed by atoms with E-state index in [4.69, 9.17) is 25.9 Å². The summed E-state index contributed by atoms with van der Waals surface area (Å²) in [6.45, 7) is 5.20. The lowest BCUT2D eigenvalue weighted by Gasteiger charge is -2.29. The number of quaternary nitrogens is 1. The molecule has 0 amide bonds. The summed E-state index contributed by atoms with van der Waals surface area (Å²) >= 11 is 0. The normalized spacial score (nSPS) is 15.2. The average molecular weight is 420 g/mol. The van der Waals surface area contributed by atoms with Crippen LogP contribution in [-0.2, 0) is 9.63 Å². The number of carboxylic acids is 1. The molecule has 1 heterocycles. The number of hydrogen-bond acceptors (Lipinski definition) is 6. The van der Waals surface area contributed by atoms with E-state index < -0.39 is 12.1 Å². The van der Waals surface area contributed by atoms with Gasteiger partial charge in [0, 0.05) is 18.4 Å². The van der Waals surface area contributed by atoms with E-state index in [1.165, 1.54) is 25.9 Å². The number of nitrogens with zero attached hydrogens (tertiary/aromatic N) is 1. The van der Waals surface area contributed by atoms with Crippen molar-refractivity contribution in [1.82, 2.24) is 5.32 Å². The van der Waals surface area contributed by atoms with E-state index in [1.807, 2.05) is 24.3 Å². The quantitative estimate of drug-likeness (QED) is 0.184. The Morgan fingerprint density at radius 1 is 1.24 bits per heavy atom. The Kier molecular flexibility index (Phi) is 9.86. The van der Waals surface area contributed by atoms with Crippen molar-refractivity contribution in [3.63, 3.8) is 0 Å². The number of rotatable bonds is 8. The maximum atomic E-state index is 10.5. The number of carbonyl (C=O) groups excluding carboxylic acids is 1. The lowest BCUT2D eigenvalue weighted by molar-refractivity contribution is -0.896. The van der Waals surface area contributed by atoms with Gasteiger partial charge in [-0.15, -0.1) is 0 Å². The highest BCUT2D eigenvalue weighted by molar-refractivity contribution is 5.96. The van der Waals surface area contributed by atoms with Gasteiger partial charge in [-0.25, -0.2) is 5.90 Å². The number of ether oxygens (including phenoxy) is 1. The first kappa shape index (κ1) is 24.7. The number of amidine groups is 1. The van der Waals surface area contributed by atoms with Crippen molar-refractivity contribution in [3.05, 3.63) is 29.8 Å². The summed E-state index contributed by atoms with van der Waals surface area (Å²) in [4.78, 5) is 13.2. The highest BCUT2D eigenvalue weighted by atomic mass is 19.4. The van der Waals surface area contributed by atoms with Crippen molar-refractivity contribution in [3.8, 4) is 5.75 Å². The molecule has 1 aliphatic rings. The molecule has 0 aromatic heterocycles. The van der Waals surface area contributed by atoms with Crippen molar-refractivity contribution < 1.29 is 37.1 Å². The molecule has 0 unspecified atom stereocenters. The summed E-state index contributed by atoms with van der Waals surface area (Å²) in [5.41, 5.74) is 0.867. The van der Waals surface area contributed by atoms with Gasteiger partial charge in [0.25, 0.3) is 0 Å². The molecule has 0 bridgehead atoms. The molecule has 1 aliphatic heterocycles. The zero-order valence-electron chi connectivity index (χ0n) is 16.3. The molecule has 1 aromatic carbocycles. The van der Waals surface area contributed by atoms with Crippen molar-refractivity contribution >= 4 is 11.8 Å². The lowest BCUT2D eigenvalue weighted by Crippen LogP contribution is -2.46. The molecule has 0 aliphatic carbocycles. The van der Waals surface area contributed by atoms with Crippen LogP contribution in [-0.4, -0.2) is 68.9 Å². The first-order valence-corrected chi connectivity index (χ1v) is 9.06. The van der Waals surface area contributed by atoms with E-state index in [9.17, 15) is 13.2 Å². The third-order valence-electron chi connectivity index (χ3n) is 4.44. The summed E-state index contributed by atoms with van der Waals surface area (Å²) in [5, 5.41) is 20.1. The van der Waals surface area contributed by atoms with Gasteiger partial charge in [0.2, 0.25) is 0 Å². The fourth-order valence-corrected chi connectivity index (χ4v) is 2.80. The molecule has 164 valence electrons. The van der Waals surface area contributed by atoms with Gasteiger partial charge in [-0.05, 0) is 24.3 Å². The molecule has 11 heteroatoms. The maximum absolute atomic E-state index is 10.5. The van der Waals surface area contributed by atoms with Gasteiger partial charge in [-0.3, -0.25) is 5.41 Å². The van der Waals surface area contributed by atoms with Crippen LogP contribution in [0, 0.1) is 5.41 Å². The monoisotopic (exact) mass is 420 g/mol. The SMILES string of the molecule is C[N+]1(CCNC(=N)c2ccc(OCCON)cc2)CCCC1.O=C([O-])C(F)(F)F. The molecule has 0 radical (unpaired) electrons. The first-order valence-electron chi connectivity index (χ1n) is 9.06. The van der Waals surface area contributed by atoms with Gasteiger partial charge in [0.05, 0.1) is 33.2 Å². The molecule has 29 heavy (non-hydrogen) atoms. The third kappa shape index (κ3) is 9.59. The molecule has 1 fully saturated rings. The van der Waals surface area contributed by atoms with Crippen LogP contribution in [0.2, 0.25) is 0 Å². The number of aliphatic carboxylic acids is 1. The standard InChI is InChI=1S/C16H27N4O2.C2HF3O2/c1-20(9-2-3-10-20)11-8-19-16(17)14-4-6-15(7-5-14)21-12-13-22-18;3-2(4,5)1(6)7/h4-7H,2-3,8-13,18H2,1H3,(H2,17,19);(H,6,7)/q+1;/p-1. The molecular weight excluding hydrogens is 393 g/mol. The van der Waals surface area contributed by atoms with Crippen molar-refractivity contribution in [2.75, 3.05) is 46.4 Å². The van der Waals surface area contributed by atoms with E-state index in [1.54, 1.807) is 0 Å². The van der Waals surface area contributed by atoms with Crippen molar-refractivity contribution in [2.45, 2.75) is 19.0 Å². The number of hydrogen-bond donors (Lipinski definition) is 3. The maximum Gasteiger partial charge on any atom is 0.430 e. The van der Waals surface area contributed by atoms with Gasteiger partial charge >= 0.3 is 6.18 Å². The summed E-state index contributed by atoms with van der Waals surface area (Å²) in [5.74, 6) is 3.15. The van der Waals surface area contributed by atoms with Crippen LogP contribution in [0.5, 0.6) is 5.75 Å². The molecule has 1 aromatic rings. The van der Waals surface area contributed by atoms with E-state index in [2.05, 4.69) is 17.2 Å². The number of nitrogens with two attached hydrogens (primary N) is 1. The summed E-state index contributed by atoms with van der Waals surface area (Å²) < 4.78 is 38.1. The van der Waals surface area contributed by atoms with Crippen LogP contribution in [0.4, 0.5) is 13.2 Å². The van der Waals surface area contributed by atoms with Crippen LogP contribution < -0.4 is 21.1 Å². The highest BCUT2D eigenvalue weighted by Crippen LogP contribution is 2.15. The van der Waals surface area contributed by atoms with Crippen molar-refractivity contribution in [1.29, 1.82) is 5.41 Å². The van der Waals surface area contributed by atoms with Gasteiger partial charge in [0.15, 0.2) is 0 Å². The van der Waals surface area contributed by atoms with Crippen LogP contribution in [0.15, 0.2) is 24.3 Å². The number of likely N-dealkylation sites (N-methyl/N-ethyl adjacent to an activating group) is 1. The predicted molar refractivity (Wildman–Crippen MR) is 98.0 cm³/mol. The number of carboxylic acid groups (broad SMARTS) is 1. The molecular formula is C18H27F3N4O4. The molecule has 4 N–H and O–H groups in total. The van der Waals surface area contributed by atoms with Gasteiger partial charge in [0.1, 0.15) is 30.8 Å². The number of alkyl halides is 3. The molecule has 0 atom stereocenters. The fourth-order valence-electron chi connectivity index (χ4n) is 2.80. The van der Waals surface area contributed by atoms with Crippen molar-refractivity contribution in [2.24, 2.45) is 5.90 Å². The summed E-state index contributed by atoms with van der Waals surface area (Å²) in [6.07, 6.45) is -2.55. The minimum Gasteiger partial charge on any atom is -0.542 e. The Balaban J connectivity index is 0.000000516. The number of nitrogens with one attached hydrogen (secondary N) is 2. The number of halogens is 3. The average Bonchev–Trinajstić information content (AvgIpc) is 3.08. The molecule has 0 saturated carbocycles. The van der Waals surface area contributed by atoms with E-state index >= 15 is 0 Å².